The number of aliphatic hydroxyl groups is 2. The molecular weight excluding hydrogens is 870 g/mol. The summed E-state index contributed by atoms with van der Waals surface area (Å²) in [7, 11) is 0. The minimum atomic E-state index is -1.09. The second kappa shape index (κ2) is 18.7. The van der Waals surface area contributed by atoms with Crippen LogP contribution in [0.1, 0.15) is 31.8 Å². The molecule has 0 aromatic heterocycles. The van der Waals surface area contributed by atoms with Gasteiger partial charge in [0.25, 0.3) is 11.8 Å². The molecule has 6 N–H and O–H groups in total. The van der Waals surface area contributed by atoms with E-state index in [1.165, 1.54) is 12.1 Å². The summed E-state index contributed by atoms with van der Waals surface area (Å²) in [5, 5.41) is 31.0. The highest BCUT2D eigenvalue weighted by atomic mass is 79.9. The lowest BCUT2D eigenvalue weighted by Crippen LogP contribution is -2.56. The van der Waals surface area contributed by atoms with Gasteiger partial charge >= 0.3 is 0 Å². The lowest BCUT2D eigenvalue weighted by molar-refractivity contribution is 0.0966. The maximum Gasteiger partial charge on any atom is 0.257 e. The number of halogens is 4. The van der Waals surface area contributed by atoms with E-state index in [9.17, 15) is 28.6 Å². The minimum absolute atomic E-state index is 0.0344. The van der Waals surface area contributed by atoms with Gasteiger partial charge in [-0.25, -0.2) is 8.78 Å². The summed E-state index contributed by atoms with van der Waals surface area (Å²) >= 11 is 17.3. The molecular formula is C38H36Br2F2N4O6S2. The fourth-order valence-electron chi connectivity index (χ4n) is 6.34. The Hall–Kier alpha value is -3.74. The zero-order chi connectivity index (χ0) is 38.9. The Morgan fingerprint density at radius 2 is 1.04 bits per heavy atom. The molecule has 2 saturated heterocycles. The normalized spacial score (nSPS) is 21.7. The summed E-state index contributed by atoms with van der Waals surface area (Å²) in [5.74, 6) is -2.53. The first kappa shape index (κ1) is 41.4. The smallest absolute Gasteiger partial charge is 0.257 e. The van der Waals surface area contributed by atoms with Gasteiger partial charge in [-0.15, -0.1) is 0 Å². The summed E-state index contributed by atoms with van der Waals surface area (Å²) in [6.07, 6.45) is 0. The van der Waals surface area contributed by atoms with Crippen LogP contribution in [0.3, 0.4) is 0 Å². The molecule has 2 aliphatic rings. The van der Waals surface area contributed by atoms with Gasteiger partial charge in [-0.3, -0.25) is 20.2 Å². The quantitative estimate of drug-likeness (QED) is 0.127. The number of rotatable bonds is 8. The van der Waals surface area contributed by atoms with Crippen LogP contribution in [0.2, 0.25) is 0 Å². The predicted molar refractivity (Wildman–Crippen MR) is 214 cm³/mol. The lowest BCUT2D eigenvalue weighted by atomic mass is 9.80. The molecule has 10 nitrogen and oxygen atoms in total. The van der Waals surface area contributed by atoms with Crippen LogP contribution in [0.15, 0.2) is 106 Å². The molecule has 0 spiro atoms. The van der Waals surface area contributed by atoms with Crippen molar-refractivity contribution in [3.8, 4) is 0 Å². The number of carbonyl (C=O) groups is 2. The number of aliphatic hydroxyl groups excluding tert-OH is 2. The van der Waals surface area contributed by atoms with Crippen molar-refractivity contribution >= 4 is 78.3 Å². The highest BCUT2D eigenvalue weighted by molar-refractivity contribution is 9.10. The number of thiocarbonyl (C=S) groups is 2. The van der Waals surface area contributed by atoms with Gasteiger partial charge in [0.2, 0.25) is 0 Å². The Morgan fingerprint density at radius 3 is 1.39 bits per heavy atom. The second-order valence-electron chi connectivity index (χ2n) is 12.5. The van der Waals surface area contributed by atoms with E-state index in [1.54, 1.807) is 84.9 Å². The number of nitrogens with one attached hydrogen (secondary N) is 4. The molecule has 284 valence electrons. The number of hydrogen-bond donors (Lipinski definition) is 6. The topological polar surface area (TPSA) is 141 Å². The third-order valence-corrected chi connectivity index (χ3v) is 10.5. The fraction of sp³-hybridized carbons (Fsp3) is 0.263. The van der Waals surface area contributed by atoms with Crippen molar-refractivity contribution < 1.29 is 38.1 Å². The van der Waals surface area contributed by atoms with Crippen LogP contribution in [0.25, 0.3) is 0 Å². The first-order valence-electron chi connectivity index (χ1n) is 16.6. The first-order valence-corrected chi connectivity index (χ1v) is 19.0. The average molecular weight is 907 g/mol. The monoisotopic (exact) mass is 904 g/mol. The van der Waals surface area contributed by atoms with E-state index in [-0.39, 0.29) is 61.7 Å². The number of hydrogen-bond acceptors (Lipinski definition) is 8. The molecule has 4 atom stereocenters. The lowest BCUT2D eigenvalue weighted by Gasteiger charge is -2.36. The standard InChI is InChI=1S/2C19H18BrFN2O3S/c2*20-14-6-7-16(21)15(8-14)19(11-26-10-13(19)9-24)23-18(27)22-17(25)12-4-2-1-3-5-12/h2*1-8,13,24H,9-11H2,(H2,22,23,25,27)/t2*13-,19+/m10/s1. The van der Waals surface area contributed by atoms with Crippen molar-refractivity contribution in [2.45, 2.75) is 11.1 Å². The van der Waals surface area contributed by atoms with Crippen molar-refractivity contribution in [1.29, 1.82) is 0 Å². The van der Waals surface area contributed by atoms with Gasteiger partial charge in [0, 0.05) is 43.0 Å². The number of amides is 2. The molecule has 2 heterocycles. The zero-order valence-electron chi connectivity index (χ0n) is 28.5. The number of carbonyl (C=O) groups excluding carboxylic acids is 2. The second-order valence-corrected chi connectivity index (χ2v) is 15.2. The Kier molecular flexibility index (Phi) is 14.4. The molecule has 2 fully saturated rings. The summed E-state index contributed by atoms with van der Waals surface area (Å²) < 4.78 is 41.7. The Labute approximate surface area is 338 Å². The van der Waals surface area contributed by atoms with Crippen molar-refractivity contribution in [1.82, 2.24) is 21.3 Å². The highest BCUT2D eigenvalue weighted by Gasteiger charge is 2.49. The van der Waals surface area contributed by atoms with E-state index < -0.39 is 34.5 Å². The van der Waals surface area contributed by atoms with E-state index in [2.05, 4.69) is 53.1 Å². The summed E-state index contributed by atoms with van der Waals surface area (Å²) in [5.41, 5.74) is -0.668. The van der Waals surface area contributed by atoms with Crippen LogP contribution in [0.4, 0.5) is 8.78 Å². The van der Waals surface area contributed by atoms with Crippen LogP contribution in [0, 0.1) is 23.5 Å². The number of benzene rings is 4. The predicted octanol–water partition coefficient (Wildman–Crippen LogP) is 5.45. The van der Waals surface area contributed by atoms with Gasteiger partial charge in [0.15, 0.2) is 10.2 Å². The van der Waals surface area contributed by atoms with Crippen LogP contribution >= 0.6 is 56.3 Å². The summed E-state index contributed by atoms with van der Waals surface area (Å²) in [6.45, 7) is 0.234. The van der Waals surface area contributed by atoms with Crippen molar-refractivity contribution in [2.75, 3.05) is 39.6 Å². The van der Waals surface area contributed by atoms with E-state index in [4.69, 9.17) is 33.9 Å². The van der Waals surface area contributed by atoms with Gasteiger partial charge in [-0.05, 0) is 85.1 Å². The zero-order valence-corrected chi connectivity index (χ0v) is 33.3. The third-order valence-electron chi connectivity index (χ3n) is 9.15. The third kappa shape index (κ3) is 9.55. The average Bonchev–Trinajstić information content (AvgIpc) is 3.78. The van der Waals surface area contributed by atoms with Gasteiger partial charge in [0.05, 0.1) is 50.7 Å². The molecule has 4 aromatic carbocycles. The molecule has 0 saturated carbocycles. The first-order chi connectivity index (χ1) is 25.9. The molecule has 54 heavy (non-hydrogen) atoms. The van der Waals surface area contributed by atoms with Crippen molar-refractivity contribution in [3.63, 3.8) is 0 Å². The maximum atomic E-state index is 14.6. The van der Waals surface area contributed by atoms with Crippen molar-refractivity contribution in [3.05, 3.63) is 140 Å². The van der Waals surface area contributed by atoms with Crippen LogP contribution < -0.4 is 21.3 Å². The van der Waals surface area contributed by atoms with Gasteiger partial charge in [-0.2, -0.15) is 0 Å². The molecule has 0 radical (unpaired) electrons. The molecule has 4 aromatic rings. The minimum Gasteiger partial charge on any atom is -0.396 e. The summed E-state index contributed by atoms with van der Waals surface area (Å²) in [6, 6.07) is 26.4. The molecule has 0 aliphatic carbocycles. The Morgan fingerprint density at radius 1 is 0.667 bits per heavy atom. The van der Waals surface area contributed by atoms with Gasteiger partial charge in [-0.1, -0.05) is 68.3 Å². The molecule has 6 rings (SSSR count). The highest BCUT2D eigenvalue weighted by Crippen LogP contribution is 2.39. The molecule has 2 amide bonds. The SMILES string of the molecule is O=C(NC(=S)N[C@@]1(c2cc(Br)ccc2F)COC[C@H]1CO)c1ccccc1.O=C(NC(=S)N[C@]1(c2cc(Br)ccc2F)COC[C@@H]1CO)c1ccccc1. The molecule has 0 bridgehead atoms. The summed E-state index contributed by atoms with van der Waals surface area (Å²) in [4.78, 5) is 24.7. The van der Waals surface area contributed by atoms with Crippen LogP contribution in [0.5, 0.6) is 0 Å². The van der Waals surface area contributed by atoms with E-state index in [1.807, 2.05) is 0 Å². The maximum absolute atomic E-state index is 14.6. The Bertz CT molecular complexity index is 1850. The molecule has 16 heteroatoms. The van der Waals surface area contributed by atoms with Gasteiger partial charge in [0.1, 0.15) is 11.6 Å². The van der Waals surface area contributed by atoms with E-state index in [0.29, 0.717) is 31.2 Å². The van der Waals surface area contributed by atoms with Gasteiger partial charge < -0.3 is 30.3 Å². The van der Waals surface area contributed by atoms with E-state index in [0.717, 1.165) is 0 Å². The largest absolute Gasteiger partial charge is 0.396 e. The molecule has 0 unspecified atom stereocenters. The fourth-order valence-corrected chi connectivity index (χ4v) is 7.62. The molecule has 2 aliphatic heterocycles. The van der Waals surface area contributed by atoms with E-state index >= 15 is 0 Å². The number of ether oxygens (including phenoxy) is 2. The van der Waals surface area contributed by atoms with Crippen LogP contribution in [-0.2, 0) is 20.6 Å². The van der Waals surface area contributed by atoms with Crippen LogP contribution in [-0.4, -0.2) is 71.9 Å². The van der Waals surface area contributed by atoms with Crippen molar-refractivity contribution in [2.24, 2.45) is 11.8 Å². The Balaban J connectivity index is 0.000000208.